The third kappa shape index (κ3) is 5.29. The maximum atomic E-state index is 11.6. The van der Waals surface area contributed by atoms with Gasteiger partial charge in [0, 0.05) is 51.9 Å². The number of nitrogens with one attached hydrogen (secondary N) is 4. The van der Waals surface area contributed by atoms with E-state index in [4.69, 9.17) is 0 Å². The maximum Gasteiger partial charge on any atom is 0.303 e. The van der Waals surface area contributed by atoms with E-state index in [-0.39, 0.29) is 30.8 Å². The van der Waals surface area contributed by atoms with Gasteiger partial charge in [0.05, 0.1) is 12.1 Å². The van der Waals surface area contributed by atoms with E-state index in [2.05, 4.69) is 72.3 Å². The minimum atomic E-state index is -0.847. The molecule has 0 aromatic carbocycles. The van der Waals surface area contributed by atoms with Crippen LogP contribution in [0.25, 0.3) is 30.4 Å². The van der Waals surface area contributed by atoms with Crippen molar-refractivity contribution in [2.24, 2.45) is 5.92 Å². The van der Waals surface area contributed by atoms with Gasteiger partial charge in [0.2, 0.25) is 0 Å². The molecule has 0 spiro atoms. The highest BCUT2D eigenvalue weighted by Crippen LogP contribution is 2.31. The predicted molar refractivity (Wildman–Crippen MR) is 167 cm³/mol. The Morgan fingerprint density at radius 3 is 2.31 bits per heavy atom. The van der Waals surface area contributed by atoms with Crippen molar-refractivity contribution in [3.63, 3.8) is 0 Å². The molecular formula is C34H40N4O4. The summed E-state index contributed by atoms with van der Waals surface area (Å²) in [6, 6.07) is -0.137. The van der Waals surface area contributed by atoms with Gasteiger partial charge in [-0.3, -0.25) is 9.59 Å². The highest BCUT2D eigenvalue weighted by Gasteiger charge is 2.30. The van der Waals surface area contributed by atoms with E-state index in [9.17, 15) is 19.8 Å². The van der Waals surface area contributed by atoms with Gasteiger partial charge >= 0.3 is 11.9 Å². The van der Waals surface area contributed by atoms with Gasteiger partial charge in [-0.2, -0.15) is 0 Å². The molecular weight excluding hydrogens is 528 g/mol. The quantitative estimate of drug-likeness (QED) is 0.304. The number of hydrogen-bond donors (Lipinski definition) is 6. The van der Waals surface area contributed by atoms with Crippen molar-refractivity contribution >= 4 is 42.3 Å². The van der Waals surface area contributed by atoms with Gasteiger partial charge in [-0.15, -0.1) is 0 Å². The van der Waals surface area contributed by atoms with Crippen LogP contribution in [0.4, 0.5) is 0 Å². The first kappa shape index (κ1) is 29.0. The molecule has 0 fully saturated rings. The second kappa shape index (κ2) is 11.4. The van der Waals surface area contributed by atoms with E-state index < -0.39 is 11.9 Å². The van der Waals surface area contributed by atoms with Crippen molar-refractivity contribution in [3.05, 3.63) is 84.4 Å². The van der Waals surface area contributed by atoms with Crippen LogP contribution in [-0.4, -0.2) is 44.2 Å². The molecule has 0 amide bonds. The normalized spacial score (nSPS) is 25.4. The zero-order chi connectivity index (χ0) is 30.3. The number of aromatic amines is 2. The minimum absolute atomic E-state index is 0.0167. The molecule has 8 heteroatoms. The summed E-state index contributed by atoms with van der Waals surface area (Å²) < 4.78 is 0. The van der Waals surface area contributed by atoms with E-state index in [1.54, 1.807) is 0 Å². The smallest absolute Gasteiger partial charge is 0.303 e. The van der Waals surface area contributed by atoms with Gasteiger partial charge in [0.1, 0.15) is 0 Å². The van der Waals surface area contributed by atoms with Crippen molar-refractivity contribution < 1.29 is 19.8 Å². The van der Waals surface area contributed by atoms with Gasteiger partial charge < -0.3 is 30.8 Å². The number of allylic oxidation sites excluding steroid dienone is 2. The number of H-pyrrole nitrogens is 2. The van der Waals surface area contributed by atoms with Crippen molar-refractivity contribution in [1.82, 2.24) is 20.6 Å². The summed E-state index contributed by atoms with van der Waals surface area (Å²) in [6.07, 6.45) is 13.4. The summed E-state index contributed by atoms with van der Waals surface area (Å²) in [6.45, 7) is 14.5. The van der Waals surface area contributed by atoms with E-state index in [0.717, 1.165) is 71.8 Å². The van der Waals surface area contributed by atoms with Crippen LogP contribution in [0.3, 0.4) is 0 Å². The average molecular weight is 569 g/mol. The summed E-state index contributed by atoms with van der Waals surface area (Å²) >= 11 is 0. The van der Waals surface area contributed by atoms with E-state index in [0.29, 0.717) is 12.8 Å². The second-order valence-corrected chi connectivity index (χ2v) is 11.5. The van der Waals surface area contributed by atoms with E-state index in [1.807, 2.05) is 26.0 Å². The molecule has 3 aliphatic rings. The SMILES string of the molecule is C=CC1=C(C)C2/C=c3\[nH]/c(c(CCC(=O)O)c3C)=C\C3=C(CCC(=O)O)C(C)C(/C=c4\[nH]c(c(C)\c4=C\C)/C=C/1N2)N3. The Balaban J connectivity index is 1.81. The first-order chi connectivity index (χ1) is 20.0. The number of rotatable bonds is 7. The molecule has 6 N–H and O–H groups in total. The molecule has 0 aliphatic carbocycles. The zero-order valence-corrected chi connectivity index (χ0v) is 24.9. The van der Waals surface area contributed by atoms with Crippen molar-refractivity contribution in [3.8, 4) is 0 Å². The van der Waals surface area contributed by atoms with E-state index >= 15 is 0 Å². The zero-order valence-electron chi connectivity index (χ0n) is 24.9. The van der Waals surface area contributed by atoms with Crippen LogP contribution in [0, 0.1) is 19.8 Å². The van der Waals surface area contributed by atoms with E-state index in [1.165, 1.54) is 0 Å². The lowest BCUT2D eigenvalue weighted by Crippen LogP contribution is -2.32. The Kier molecular flexibility index (Phi) is 7.91. The number of carboxylic acid groups (broad SMARTS) is 2. The molecule has 2 aromatic rings. The highest BCUT2D eigenvalue weighted by atomic mass is 16.4. The van der Waals surface area contributed by atoms with Gasteiger partial charge in [0.25, 0.3) is 0 Å². The van der Waals surface area contributed by atoms with Crippen molar-refractivity contribution in [1.29, 1.82) is 0 Å². The third-order valence-corrected chi connectivity index (χ3v) is 9.01. The van der Waals surface area contributed by atoms with Crippen LogP contribution < -0.4 is 31.9 Å². The molecule has 8 nitrogen and oxygen atoms in total. The summed E-state index contributed by atoms with van der Waals surface area (Å²) in [5, 5.41) is 30.2. The molecule has 42 heavy (non-hydrogen) atoms. The van der Waals surface area contributed by atoms with Gasteiger partial charge in [-0.05, 0) is 103 Å². The lowest BCUT2D eigenvalue weighted by Gasteiger charge is -2.14. The van der Waals surface area contributed by atoms with Crippen LogP contribution in [0.2, 0.25) is 0 Å². The molecule has 2 aromatic heterocycles. The minimum Gasteiger partial charge on any atom is -0.481 e. The fourth-order valence-electron chi connectivity index (χ4n) is 6.53. The predicted octanol–water partition coefficient (Wildman–Crippen LogP) is 2.37. The summed E-state index contributed by atoms with van der Waals surface area (Å²) in [5.41, 5.74) is 9.27. The number of carbonyl (C=O) groups is 2. The first-order valence-electron chi connectivity index (χ1n) is 14.5. The Morgan fingerprint density at radius 2 is 1.64 bits per heavy atom. The summed E-state index contributed by atoms with van der Waals surface area (Å²) in [7, 11) is 0. The molecule has 0 radical (unpaired) electrons. The summed E-state index contributed by atoms with van der Waals surface area (Å²) in [5.74, 6) is -1.62. The fourth-order valence-corrected chi connectivity index (χ4v) is 6.53. The Hall–Kier alpha value is -4.46. The number of aromatic nitrogens is 2. The van der Waals surface area contributed by atoms with Crippen LogP contribution in [0.5, 0.6) is 0 Å². The van der Waals surface area contributed by atoms with Crippen LogP contribution in [0.1, 0.15) is 62.4 Å². The largest absolute Gasteiger partial charge is 0.481 e. The van der Waals surface area contributed by atoms with Crippen LogP contribution >= 0.6 is 0 Å². The Morgan fingerprint density at radius 1 is 0.929 bits per heavy atom. The lowest BCUT2D eigenvalue weighted by molar-refractivity contribution is -0.138. The highest BCUT2D eigenvalue weighted by molar-refractivity contribution is 5.69. The molecule has 0 saturated heterocycles. The molecule has 3 atom stereocenters. The topological polar surface area (TPSA) is 130 Å². The molecule has 3 aliphatic heterocycles. The molecule has 0 saturated carbocycles. The number of fused-ring (bicyclic) bond motifs is 8. The lowest BCUT2D eigenvalue weighted by atomic mass is 9.92. The van der Waals surface area contributed by atoms with Gasteiger partial charge in [-0.1, -0.05) is 25.7 Å². The summed E-state index contributed by atoms with van der Waals surface area (Å²) in [4.78, 5) is 30.3. The fraction of sp³-hybridized carbons (Fsp3) is 0.353. The standard InChI is InChI=1S/C34H40N4O4/c1-7-21-17(3)25-13-26-19(5)23(9-11-33(39)40)31(37-26)16-32-24(10-12-34(41)42)20(6)28(38-32)15-30-22(8-2)18(4)27(36-30)14-29(21)35-25/h7-8,13-16,20,25,28,35-38H,1,9-12H2,2-6H3,(H,39,40)(H,41,42)/b22-8-,26-13-,29-14-,30-15-,31-16-. The molecule has 3 unspecified atom stereocenters. The second-order valence-electron chi connectivity index (χ2n) is 11.5. The molecule has 8 bridgehead atoms. The first-order valence-corrected chi connectivity index (χ1v) is 14.5. The average Bonchev–Trinajstić information content (AvgIpc) is 3.59. The van der Waals surface area contributed by atoms with Crippen molar-refractivity contribution in [2.75, 3.05) is 0 Å². The maximum absolute atomic E-state index is 11.6. The Labute approximate surface area is 245 Å². The molecule has 5 rings (SSSR count). The molecule has 220 valence electrons. The van der Waals surface area contributed by atoms with Gasteiger partial charge in [0.15, 0.2) is 0 Å². The number of hydrogen-bond acceptors (Lipinski definition) is 4. The van der Waals surface area contributed by atoms with Crippen LogP contribution in [0.15, 0.2) is 40.8 Å². The third-order valence-electron chi connectivity index (χ3n) is 9.01. The van der Waals surface area contributed by atoms with Crippen molar-refractivity contribution in [2.45, 2.75) is 72.4 Å². The Bertz CT molecular complexity index is 1830. The number of carboxylic acids is 2. The number of aliphatic carboxylic acids is 2. The van der Waals surface area contributed by atoms with Gasteiger partial charge in [-0.25, -0.2) is 0 Å². The van der Waals surface area contributed by atoms with Crippen LogP contribution in [-0.2, 0) is 16.0 Å². The molecule has 5 heterocycles. The monoisotopic (exact) mass is 568 g/mol.